The summed E-state index contributed by atoms with van der Waals surface area (Å²) in [5.41, 5.74) is 3.37. The number of carbonyl (C=O) groups excluding carboxylic acids is 2. The molecule has 0 aliphatic carbocycles. The Morgan fingerprint density at radius 3 is 2.18 bits per heavy atom. The highest BCUT2D eigenvalue weighted by Crippen LogP contribution is 2.23. The third-order valence-corrected chi connectivity index (χ3v) is 6.15. The van der Waals surface area contributed by atoms with Gasteiger partial charge in [0.25, 0.3) is 0 Å². The highest BCUT2D eigenvalue weighted by Gasteiger charge is 2.26. The van der Waals surface area contributed by atoms with Gasteiger partial charge in [0.15, 0.2) is 0 Å². The van der Waals surface area contributed by atoms with Crippen LogP contribution in [0.4, 0.5) is 5.69 Å². The maximum atomic E-state index is 12.5. The average molecular weight is 458 g/mol. The van der Waals surface area contributed by atoms with E-state index in [0.717, 1.165) is 37.3 Å². The van der Waals surface area contributed by atoms with Crippen LogP contribution in [0.2, 0.25) is 0 Å². The minimum absolute atomic E-state index is 0.0484. The number of pyridine rings is 1. The van der Waals surface area contributed by atoms with Gasteiger partial charge in [0.05, 0.1) is 6.04 Å². The smallest absolute Gasteiger partial charge is 0.309 e. The van der Waals surface area contributed by atoms with Crippen molar-refractivity contribution in [3.63, 3.8) is 0 Å². The summed E-state index contributed by atoms with van der Waals surface area (Å²) < 4.78 is 0. The van der Waals surface area contributed by atoms with Gasteiger partial charge < -0.3 is 15.5 Å². The molecule has 1 aromatic heterocycles. The zero-order valence-corrected chi connectivity index (χ0v) is 19.3. The average Bonchev–Trinajstić information content (AvgIpc) is 2.91. The van der Waals surface area contributed by atoms with Crippen LogP contribution in [-0.2, 0) is 16.0 Å². The van der Waals surface area contributed by atoms with Crippen LogP contribution in [-0.4, -0.2) is 61.0 Å². The van der Waals surface area contributed by atoms with Crippen LogP contribution in [0.25, 0.3) is 0 Å². The van der Waals surface area contributed by atoms with Crippen molar-refractivity contribution >= 4 is 17.5 Å². The fourth-order valence-corrected chi connectivity index (χ4v) is 4.28. The molecule has 34 heavy (non-hydrogen) atoms. The van der Waals surface area contributed by atoms with E-state index in [0.29, 0.717) is 19.5 Å². The van der Waals surface area contributed by atoms with Gasteiger partial charge in [-0.05, 0) is 35.7 Å². The molecule has 4 rings (SSSR count). The number of nitrogens with zero attached hydrogens (tertiary/aromatic N) is 3. The van der Waals surface area contributed by atoms with Crippen LogP contribution in [0.15, 0.2) is 85.2 Å². The van der Waals surface area contributed by atoms with Crippen molar-refractivity contribution < 1.29 is 9.59 Å². The largest absolute Gasteiger partial charge is 0.369 e. The van der Waals surface area contributed by atoms with Crippen molar-refractivity contribution in [1.82, 2.24) is 20.5 Å². The van der Waals surface area contributed by atoms with E-state index in [4.69, 9.17) is 0 Å². The van der Waals surface area contributed by atoms with Gasteiger partial charge in [-0.2, -0.15) is 0 Å². The summed E-state index contributed by atoms with van der Waals surface area (Å²) in [5.74, 6) is -1.21. The Morgan fingerprint density at radius 2 is 1.50 bits per heavy atom. The monoisotopic (exact) mass is 457 g/mol. The minimum Gasteiger partial charge on any atom is -0.369 e. The van der Waals surface area contributed by atoms with E-state index < -0.39 is 11.8 Å². The highest BCUT2D eigenvalue weighted by molar-refractivity contribution is 6.35. The first-order chi connectivity index (χ1) is 16.7. The normalized spacial score (nSPS) is 14.9. The number of hydrogen-bond donors (Lipinski definition) is 2. The summed E-state index contributed by atoms with van der Waals surface area (Å²) in [6, 6.07) is 24.2. The Balaban J connectivity index is 1.31. The Kier molecular flexibility index (Phi) is 8.24. The van der Waals surface area contributed by atoms with Crippen LogP contribution < -0.4 is 15.5 Å². The fourth-order valence-electron chi connectivity index (χ4n) is 4.28. The van der Waals surface area contributed by atoms with Crippen molar-refractivity contribution in [3.8, 4) is 0 Å². The number of carbonyl (C=O) groups is 2. The topological polar surface area (TPSA) is 77.6 Å². The van der Waals surface area contributed by atoms with Gasteiger partial charge >= 0.3 is 11.8 Å². The van der Waals surface area contributed by atoms with Crippen molar-refractivity contribution in [3.05, 3.63) is 96.3 Å². The van der Waals surface area contributed by atoms with Crippen molar-refractivity contribution in [2.75, 3.05) is 44.2 Å². The molecule has 1 saturated heterocycles. The molecule has 0 spiro atoms. The molecule has 2 amide bonds. The lowest BCUT2D eigenvalue weighted by molar-refractivity contribution is -0.139. The summed E-state index contributed by atoms with van der Waals surface area (Å²) in [5, 5.41) is 5.55. The number of rotatable bonds is 8. The Morgan fingerprint density at radius 1 is 0.824 bits per heavy atom. The Hall–Kier alpha value is -3.71. The molecule has 1 fully saturated rings. The maximum Gasteiger partial charge on any atom is 0.309 e. The maximum absolute atomic E-state index is 12.5. The van der Waals surface area contributed by atoms with Gasteiger partial charge in [-0.3, -0.25) is 19.5 Å². The fraction of sp³-hybridized carbons (Fsp3) is 0.296. The van der Waals surface area contributed by atoms with Gasteiger partial charge in [-0.25, -0.2) is 0 Å². The number of anilines is 1. The first kappa shape index (κ1) is 23.4. The van der Waals surface area contributed by atoms with Gasteiger partial charge in [0, 0.05) is 57.3 Å². The zero-order chi connectivity index (χ0) is 23.6. The number of benzene rings is 2. The first-order valence-electron chi connectivity index (χ1n) is 11.7. The second kappa shape index (κ2) is 12.0. The van der Waals surface area contributed by atoms with Crippen molar-refractivity contribution in [1.29, 1.82) is 0 Å². The molecule has 7 nitrogen and oxygen atoms in total. The predicted molar refractivity (Wildman–Crippen MR) is 133 cm³/mol. The second-order valence-corrected chi connectivity index (χ2v) is 8.36. The Labute approximate surface area is 200 Å². The van der Waals surface area contributed by atoms with Crippen LogP contribution in [0, 0.1) is 0 Å². The van der Waals surface area contributed by atoms with Gasteiger partial charge in [0.1, 0.15) is 0 Å². The molecule has 0 bridgehead atoms. The van der Waals surface area contributed by atoms with E-state index in [1.165, 1.54) is 5.69 Å². The first-order valence-corrected chi connectivity index (χ1v) is 11.7. The van der Waals surface area contributed by atoms with E-state index in [1.807, 2.05) is 54.7 Å². The molecule has 0 unspecified atom stereocenters. The third-order valence-electron chi connectivity index (χ3n) is 6.15. The number of hydrogen-bond acceptors (Lipinski definition) is 5. The van der Waals surface area contributed by atoms with Crippen molar-refractivity contribution in [2.45, 2.75) is 12.5 Å². The Bertz CT molecular complexity index is 1040. The summed E-state index contributed by atoms with van der Waals surface area (Å²) >= 11 is 0. The minimum atomic E-state index is -0.607. The lowest BCUT2D eigenvalue weighted by Gasteiger charge is -2.40. The van der Waals surface area contributed by atoms with E-state index in [9.17, 15) is 9.59 Å². The highest BCUT2D eigenvalue weighted by atomic mass is 16.2. The van der Waals surface area contributed by atoms with Gasteiger partial charge in [-0.15, -0.1) is 0 Å². The molecule has 2 N–H and O–H groups in total. The van der Waals surface area contributed by atoms with Gasteiger partial charge in [0.2, 0.25) is 0 Å². The van der Waals surface area contributed by atoms with E-state index in [2.05, 4.69) is 49.7 Å². The van der Waals surface area contributed by atoms with Crippen LogP contribution in [0.3, 0.4) is 0 Å². The summed E-state index contributed by atoms with van der Waals surface area (Å²) in [6.45, 7) is 4.27. The lowest BCUT2D eigenvalue weighted by Crippen LogP contribution is -2.51. The molecule has 0 radical (unpaired) electrons. The van der Waals surface area contributed by atoms with Crippen LogP contribution in [0.5, 0.6) is 0 Å². The number of amides is 2. The molecule has 1 aliphatic heterocycles. The number of nitrogens with one attached hydrogen (secondary N) is 2. The predicted octanol–water partition coefficient (Wildman–Crippen LogP) is 2.42. The summed E-state index contributed by atoms with van der Waals surface area (Å²) in [6.07, 6.45) is 4.26. The molecule has 0 saturated carbocycles. The quantitative estimate of drug-likeness (QED) is 0.508. The molecule has 2 aromatic carbocycles. The molecule has 2 heterocycles. The van der Waals surface area contributed by atoms with Crippen LogP contribution >= 0.6 is 0 Å². The van der Waals surface area contributed by atoms with E-state index in [1.54, 1.807) is 6.20 Å². The van der Waals surface area contributed by atoms with Crippen molar-refractivity contribution in [2.24, 2.45) is 0 Å². The number of piperazine rings is 1. The molecule has 1 atom stereocenters. The van der Waals surface area contributed by atoms with E-state index in [-0.39, 0.29) is 6.04 Å². The molecule has 1 aliphatic rings. The van der Waals surface area contributed by atoms with Crippen LogP contribution in [0.1, 0.15) is 17.2 Å². The third kappa shape index (κ3) is 6.42. The lowest BCUT2D eigenvalue weighted by atomic mass is 10.1. The number of para-hydroxylation sites is 1. The molecular weight excluding hydrogens is 426 g/mol. The zero-order valence-electron chi connectivity index (χ0n) is 19.3. The molecule has 7 heteroatoms. The summed E-state index contributed by atoms with van der Waals surface area (Å²) in [4.78, 5) is 33.8. The van der Waals surface area contributed by atoms with Gasteiger partial charge in [-0.1, -0.05) is 54.6 Å². The van der Waals surface area contributed by atoms with E-state index >= 15 is 0 Å². The second-order valence-electron chi connectivity index (χ2n) is 8.36. The number of aromatic nitrogens is 1. The molecule has 3 aromatic rings. The molecule has 176 valence electrons. The standard InChI is InChI=1S/C27H31N5O2/c33-26(29-15-13-22-8-3-1-4-9-22)27(34)30-21-25(23-10-7-14-28-20-23)32-18-16-31(17-19-32)24-11-5-2-6-12-24/h1-12,14,20,25H,13,15-19,21H2,(H,29,33)(H,30,34)/t25-/m1/s1. The molecular formula is C27H31N5O2. The summed E-state index contributed by atoms with van der Waals surface area (Å²) in [7, 11) is 0. The SMILES string of the molecule is O=C(NCCc1ccccc1)C(=O)NC[C@H](c1cccnc1)N1CCN(c2ccccc2)CC1.